The summed E-state index contributed by atoms with van der Waals surface area (Å²) in [6, 6.07) is 12.5. The van der Waals surface area contributed by atoms with E-state index in [4.69, 9.17) is 16.3 Å². The number of nitrogens with one attached hydrogen (secondary N) is 2. The van der Waals surface area contributed by atoms with Crippen LogP contribution in [0.3, 0.4) is 0 Å². The Hall–Kier alpha value is -3.42. The van der Waals surface area contributed by atoms with Crippen molar-refractivity contribution in [1.29, 1.82) is 0 Å². The summed E-state index contributed by atoms with van der Waals surface area (Å²) in [6.45, 7) is 4.69. The smallest absolute Gasteiger partial charge is 0.180 e. The van der Waals surface area contributed by atoms with Gasteiger partial charge in [0.25, 0.3) is 0 Å². The zero-order valence-corrected chi connectivity index (χ0v) is 18.4. The molecule has 0 aliphatic heterocycles. The van der Waals surface area contributed by atoms with Crippen molar-refractivity contribution in [1.82, 2.24) is 14.4 Å². The predicted molar refractivity (Wildman–Crippen MR) is 127 cm³/mol. The summed E-state index contributed by atoms with van der Waals surface area (Å²) < 4.78 is 21.4. The van der Waals surface area contributed by atoms with Crippen LogP contribution in [-0.4, -0.2) is 34.6 Å². The average Bonchev–Trinajstić information content (AvgIpc) is 3.24. The van der Waals surface area contributed by atoms with Gasteiger partial charge < -0.3 is 15.4 Å². The summed E-state index contributed by atoms with van der Waals surface area (Å²) in [6.07, 6.45) is 5.90. The summed E-state index contributed by atoms with van der Waals surface area (Å²) in [4.78, 5) is 8.76. The third kappa shape index (κ3) is 4.90. The Balaban J connectivity index is 1.32. The van der Waals surface area contributed by atoms with Crippen LogP contribution in [0.1, 0.15) is 5.56 Å². The Morgan fingerprint density at radius 1 is 1.19 bits per heavy atom. The summed E-state index contributed by atoms with van der Waals surface area (Å²) in [5, 5.41) is 6.80. The van der Waals surface area contributed by atoms with Gasteiger partial charge in [-0.05, 0) is 42.3 Å². The number of aromatic nitrogens is 3. The molecule has 0 aliphatic rings. The first-order valence-electron chi connectivity index (χ1n) is 10.1. The molecule has 0 fully saturated rings. The first-order chi connectivity index (χ1) is 15.5. The highest BCUT2D eigenvalue weighted by atomic mass is 35.5. The Morgan fingerprint density at radius 3 is 2.78 bits per heavy atom. The molecule has 4 rings (SSSR count). The van der Waals surface area contributed by atoms with Crippen molar-refractivity contribution < 1.29 is 9.13 Å². The minimum Gasteiger partial charge on any atom is -0.375 e. The van der Waals surface area contributed by atoms with Crippen LogP contribution < -0.4 is 10.6 Å². The van der Waals surface area contributed by atoms with Crippen LogP contribution >= 0.6 is 11.6 Å². The standard InChI is InChI=1S/C24H23ClFN5O/c1-16(15-32-12-9-18-13-19(25)5-8-21(18)26)30-20-6-3-17(4-7-20)22-14-29-24-23(27-2)28-10-11-31(22)24/h3-8,10-11,13-14,30H,1,9,12,15H2,2H3,(H,27,28). The van der Waals surface area contributed by atoms with Crippen LogP contribution in [0.4, 0.5) is 15.9 Å². The van der Waals surface area contributed by atoms with Crippen LogP contribution in [0.15, 0.2) is 73.3 Å². The van der Waals surface area contributed by atoms with E-state index in [0.29, 0.717) is 35.9 Å². The lowest BCUT2D eigenvalue weighted by Gasteiger charge is -2.11. The largest absolute Gasteiger partial charge is 0.375 e. The van der Waals surface area contributed by atoms with E-state index in [1.807, 2.05) is 48.1 Å². The lowest BCUT2D eigenvalue weighted by Crippen LogP contribution is -2.08. The Morgan fingerprint density at radius 2 is 2.00 bits per heavy atom. The van der Waals surface area contributed by atoms with Gasteiger partial charge in [0, 0.05) is 41.4 Å². The highest BCUT2D eigenvalue weighted by Crippen LogP contribution is 2.25. The van der Waals surface area contributed by atoms with Crippen molar-refractivity contribution in [3.63, 3.8) is 0 Å². The first-order valence-corrected chi connectivity index (χ1v) is 10.5. The molecule has 2 aromatic heterocycles. The van der Waals surface area contributed by atoms with Crippen molar-refractivity contribution in [2.75, 3.05) is 30.9 Å². The number of imidazole rings is 1. The van der Waals surface area contributed by atoms with E-state index in [9.17, 15) is 4.39 Å². The van der Waals surface area contributed by atoms with E-state index in [1.165, 1.54) is 12.1 Å². The highest BCUT2D eigenvalue weighted by Gasteiger charge is 2.09. The minimum atomic E-state index is -0.278. The van der Waals surface area contributed by atoms with E-state index >= 15 is 0 Å². The van der Waals surface area contributed by atoms with Crippen LogP contribution in [0.25, 0.3) is 16.9 Å². The molecule has 0 bridgehead atoms. The van der Waals surface area contributed by atoms with Crippen molar-refractivity contribution in [2.45, 2.75) is 6.42 Å². The average molecular weight is 452 g/mol. The first kappa shape index (κ1) is 21.8. The molecule has 0 unspecified atom stereocenters. The second kappa shape index (κ2) is 9.80. The minimum absolute atomic E-state index is 0.278. The van der Waals surface area contributed by atoms with Gasteiger partial charge in [0.1, 0.15) is 5.82 Å². The number of fused-ring (bicyclic) bond motifs is 1. The summed E-state index contributed by atoms with van der Waals surface area (Å²) in [5.41, 5.74) is 4.92. The molecule has 2 aromatic carbocycles. The van der Waals surface area contributed by atoms with Crippen LogP contribution in [0.2, 0.25) is 5.02 Å². The zero-order valence-electron chi connectivity index (χ0n) is 17.6. The summed E-state index contributed by atoms with van der Waals surface area (Å²) >= 11 is 5.91. The van der Waals surface area contributed by atoms with Gasteiger partial charge in [0.15, 0.2) is 11.5 Å². The van der Waals surface area contributed by atoms with Gasteiger partial charge in [-0.25, -0.2) is 14.4 Å². The van der Waals surface area contributed by atoms with E-state index in [1.54, 1.807) is 12.3 Å². The van der Waals surface area contributed by atoms with Gasteiger partial charge in [-0.1, -0.05) is 30.3 Å². The fourth-order valence-electron chi connectivity index (χ4n) is 3.39. The number of nitrogens with zero attached hydrogens (tertiary/aromatic N) is 3. The molecule has 0 amide bonds. The Bertz CT molecular complexity index is 1240. The second-order valence-electron chi connectivity index (χ2n) is 7.21. The molecule has 0 spiro atoms. The quantitative estimate of drug-likeness (QED) is 0.333. The second-order valence-corrected chi connectivity index (χ2v) is 7.64. The molecule has 0 aliphatic carbocycles. The van der Waals surface area contributed by atoms with Crippen LogP contribution in [0, 0.1) is 5.82 Å². The molecular weight excluding hydrogens is 429 g/mol. The number of halogens is 2. The number of anilines is 2. The Kier molecular flexibility index (Phi) is 6.68. The van der Waals surface area contributed by atoms with Gasteiger partial charge >= 0.3 is 0 Å². The molecule has 6 nitrogen and oxygen atoms in total. The fraction of sp³-hybridized carbons (Fsp3) is 0.167. The zero-order chi connectivity index (χ0) is 22.5. The van der Waals surface area contributed by atoms with Crippen molar-refractivity contribution >= 4 is 28.8 Å². The lowest BCUT2D eigenvalue weighted by molar-refractivity contribution is 0.159. The molecule has 32 heavy (non-hydrogen) atoms. The molecule has 2 heterocycles. The van der Waals surface area contributed by atoms with E-state index in [2.05, 4.69) is 27.2 Å². The third-order valence-corrected chi connectivity index (χ3v) is 5.20. The molecule has 8 heteroatoms. The van der Waals surface area contributed by atoms with Crippen molar-refractivity contribution in [2.24, 2.45) is 0 Å². The molecule has 0 atom stereocenters. The van der Waals surface area contributed by atoms with Gasteiger partial charge in [-0.2, -0.15) is 0 Å². The molecule has 2 N–H and O–H groups in total. The van der Waals surface area contributed by atoms with Gasteiger partial charge in [0.2, 0.25) is 0 Å². The highest BCUT2D eigenvalue weighted by molar-refractivity contribution is 6.30. The monoisotopic (exact) mass is 451 g/mol. The number of benzene rings is 2. The molecule has 4 aromatic rings. The van der Waals surface area contributed by atoms with Gasteiger partial charge in [0.05, 0.1) is 25.1 Å². The molecule has 164 valence electrons. The fourth-order valence-corrected chi connectivity index (χ4v) is 3.58. The third-order valence-electron chi connectivity index (χ3n) is 4.97. The van der Waals surface area contributed by atoms with E-state index < -0.39 is 0 Å². The molecular formula is C24H23ClFN5O. The van der Waals surface area contributed by atoms with E-state index in [-0.39, 0.29) is 5.82 Å². The SMILES string of the molecule is C=C(COCCc1cc(Cl)ccc1F)Nc1ccc(-c2cnc3c(NC)nccn23)cc1. The van der Waals surface area contributed by atoms with Gasteiger partial charge in [-0.15, -0.1) is 0 Å². The summed E-state index contributed by atoms with van der Waals surface area (Å²) in [5.74, 6) is 0.450. The topological polar surface area (TPSA) is 63.5 Å². The molecule has 0 saturated carbocycles. The van der Waals surface area contributed by atoms with Crippen LogP contribution in [0.5, 0.6) is 0 Å². The van der Waals surface area contributed by atoms with Crippen molar-refractivity contribution in [3.05, 3.63) is 89.7 Å². The molecule has 0 radical (unpaired) electrons. The van der Waals surface area contributed by atoms with Crippen molar-refractivity contribution in [3.8, 4) is 11.3 Å². The maximum atomic E-state index is 13.7. The number of hydrogen-bond acceptors (Lipinski definition) is 5. The maximum Gasteiger partial charge on any atom is 0.180 e. The predicted octanol–water partition coefficient (Wildman–Crippen LogP) is 5.42. The number of ether oxygens (including phenoxy) is 1. The summed E-state index contributed by atoms with van der Waals surface area (Å²) in [7, 11) is 1.82. The van der Waals surface area contributed by atoms with E-state index in [0.717, 1.165) is 28.4 Å². The van der Waals surface area contributed by atoms with Crippen LogP contribution in [-0.2, 0) is 11.2 Å². The molecule has 0 saturated heterocycles. The van der Waals surface area contributed by atoms with Gasteiger partial charge in [-0.3, -0.25) is 4.40 Å². The number of rotatable bonds is 9. The normalized spacial score (nSPS) is 11.0. The number of hydrogen-bond donors (Lipinski definition) is 2. The lowest BCUT2D eigenvalue weighted by atomic mass is 10.1. The Labute approximate surface area is 190 Å². The maximum absolute atomic E-state index is 13.7.